The van der Waals surface area contributed by atoms with Crippen molar-refractivity contribution >= 4 is 11.4 Å². The van der Waals surface area contributed by atoms with Crippen molar-refractivity contribution < 1.29 is 4.92 Å². The Morgan fingerprint density at radius 3 is 2.40 bits per heavy atom. The number of hydrogen-bond donors (Lipinski definition) is 0. The van der Waals surface area contributed by atoms with Crippen molar-refractivity contribution in [3.8, 4) is 0 Å². The zero-order valence-electron chi connectivity index (χ0n) is 9.36. The minimum Gasteiger partial charge on any atom is -0.367 e. The van der Waals surface area contributed by atoms with E-state index in [2.05, 4.69) is 0 Å². The van der Waals surface area contributed by atoms with Crippen LogP contribution in [0.1, 0.15) is 19.4 Å². The van der Waals surface area contributed by atoms with E-state index < -0.39 is 0 Å². The number of nitro benzene ring substituents is 1. The lowest BCUT2D eigenvalue weighted by atomic mass is 10.2. The lowest BCUT2D eigenvalue weighted by Crippen LogP contribution is -2.22. The molecule has 0 amide bonds. The number of aryl methyl sites for hydroxylation is 1. The second-order valence-corrected chi connectivity index (χ2v) is 3.42. The highest BCUT2D eigenvalue weighted by Crippen LogP contribution is 2.28. The van der Waals surface area contributed by atoms with E-state index in [1.54, 1.807) is 6.07 Å². The molecule has 4 nitrogen and oxygen atoms in total. The molecular formula is C11H16N2O2. The Balaban J connectivity index is 3.21. The van der Waals surface area contributed by atoms with Crippen molar-refractivity contribution in [2.45, 2.75) is 20.8 Å². The Morgan fingerprint density at radius 2 is 1.93 bits per heavy atom. The first kappa shape index (κ1) is 11.5. The molecule has 0 fully saturated rings. The van der Waals surface area contributed by atoms with Gasteiger partial charge in [-0.05, 0) is 32.4 Å². The minimum absolute atomic E-state index is 0.193. The molecule has 0 saturated heterocycles. The molecule has 0 N–H and O–H groups in total. The molecule has 1 aromatic carbocycles. The van der Waals surface area contributed by atoms with E-state index in [1.807, 2.05) is 37.8 Å². The molecule has 0 atom stereocenters. The monoisotopic (exact) mass is 208 g/mol. The van der Waals surface area contributed by atoms with E-state index in [9.17, 15) is 10.1 Å². The van der Waals surface area contributed by atoms with Crippen LogP contribution < -0.4 is 4.90 Å². The average molecular weight is 208 g/mol. The summed E-state index contributed by atoms with van der Waals surface area (Å²) in [5, 5.41) is 10.9. The number of nitrogens with zero attached hydrogens (tertiary/aromatic N) is 2. The van der Waals surface area contributed by atoms with E-state index in [-0.39, 0.29) is 10.6 Å². The van der Waals surface area contributed by atoms with Crippen LogP contribution in [-0.4, -0.2) is 18.0 Å². The number of anilines is 1. The largest absolute Gasteiger partial charge is 0.367 e. The lowest BCUT2D eigenvalue weighted by Gasteiger charge is -2.20. The van der Waals surface area contributed by atoms with Crippen molar-refractivity contribution in [1.29, 1.82) is 0 Å². The van der Waals surface area contributed by atoms with Gasteiger partial charge in [0.15, 0.2) is 0 Å². The van der Waals surface area contributed by atoms with Crippen LogP contribution in [0.5, 0.6) is 0 Å². The maximum Gasteiger partial charge on any atom is 0.292 e. The van der Waals surface area contributed by atoms with Gasteiger partial charge >= 0.3 is 0 Å². The third kappa shape index (κ3) is 2.46. The van der Waals surface area contributed by atoms with Crippen molar-refractivity contribution in [3.05, 3.63) is 33.9 Å². The summed E-state index contributed by atoms with van der Waals surface area (Å²) in [5.41, 5.74) is 1.81. The smallest absolute Gasteiger partial charge is 0.292 e. The van der Waals surface area contributed by atoms with E-state index >= 15 is 0 Å². The minimum atomic E-state index is -0.319. The molecule has 82 valence electrons. The van der Waals surface area contributed by atoms with Gasteiger partial charge in [0.2, 0.25) is 0 Å². The van der Waals surface area contributed by atoms with Crippen molar-refractivity contribution in [3.63, 3.8) is 0 Å². The van der Waals surface area contributed by atoms with Gasteiger partial charge in [0.1, 0.15) is 5.69 Å². The summed E-state index contributed by atoms with van der Waals surface area (Å²) in [5.74, 6) is 0. The van der Waals surface area contributed by atoms with Crippen molar-refractivity contribution in [2.75, 3.05) is 18.0 Å². The van der Waals surface area contributed by atoms with Gasteiger partial charge in [-0.1, -0.05) is 6.07 Å². The van der Waals surface area contributed by atoms with E-state index in [4.69, 9.17) is 0 Å². The van der Waals surface area contributed by atoms with Gasteiger partial charge in [-0.25, -0.2) is 0 Å². The molecule has 0 aliphatic carbocycles. The summed E-state index contributed by atoms with van der Waals surface area (Å²) in [6, 6.07) is 5.34. The molecule has 0 aromatic heterocycles. The fourth-order valence-corrected chi connectivity index (χ4v) is 1.61. The maximum atomic E-state index is 10.9. The molecule has 0 saturated carbocycles. The predicted molar refractivity (Wildman–Crippen MR) is 61.4 cm³/mol. The van der Waals surface area contributed by atoms with Crippen LogP contribution >= 0.6 is 0 Å². The van der Waals surface area contributed by atoms with Gasteiger partial charge in [0, 0.05) is 19.2 Å². The first-order valence-corrected chi connectivity index (χ1v) is 5.10. The molecule has 0 heterocycles. The highest BCUT2D eigenvalue weighted by atomic mass is 16.6. The Bertz CT molecular complexity index is 360. The van der Waals surface area contributed by atoms with Crippen LogP contribution in [-0.2, 0) is 0 Å². The van der Waals surface area contributed by atoms with Gasteiger partial charge in [-0.3, -0.25) is 10.1 Å². The van der Waals surface area contributed by atoms with E-state index in [1.165, 1.54) is 0 Å². The molecule has 0 aliphatic heterocycles. The SMILES string of the molecule is CCN(CC)c1ccc(C)cc1[N+](=O)[O-]. The van der Waals surface area contributed by atoms with Crippen LogP contribution in [0, 0.1) is 17.0 Å². The maximum absolute atomic E-state index is 10.9. The average Bonchev–Trinajstić information content (AvgIpc) is 2.21. The second-order valence-electron chi connectivity index (χ2n) is 3.42. The molecule has 0 spiro atoms. The quantitative estimate of drug-likeness (QED) is 0.564. The van der Waals surface area contributed by atoms with Gasteiger partial charge in [-0.15, -0.1) is 0 Å². The fourth-order valence-electron chi connectivity index (χ4n) is 1.61. The number of benzene rings is 1. The van der Waals surface area contributed by atoms with Gasteiger partial charge in [-0.2, -0.15) is 0 Å². The topological polar surface area (TPSA) is 46.4 Å². The highest BCUT2D eigenvalue weighted by Gasteiger charge is 2.17. The number of hydrogen-bond acceptors (Lipinski definition) is 3. The first-order valence-electron chi connectivity index (χ1n) is 5.10. The third-order valence-electron chi connectivity index (χ3n) is 2.43. The van der Waals surface area contributed by atoms with Crippen LogP contribution in [0.15, 0.2) is 18.2 Å². The standard InChI is InChI=1S/C11H16N2O2/c1-4-12(5-2)10-7-6-9(3)8-11(10)13(14)15/h6-8H,4-5H2,1-3H3. The van der Waals surface area contributed by atoms with Crippen LogP contribution in [0.4, 0.5) is 11.4 Å². The zero-order valence-corrected chi connectivity index (χ0v) is 9.36. The Labute approximate surface area is 89.7 Å². The van der Waals surface area contributed by atoms with Crippen molar-refractivity contribution in [1.82, 2.24) is 0 Å². The lowest BCUT2D eigenvalue weighted by molar-refractivity contribution is -0.384. The van der Waals surface area contributed by atoms with Crippen molar-refractivity contribution in [2.24, 2.45) is 0 Å². The summed E-state index contributed by atoms with van der Waals surface area (Å²) < 4.78 is 0. The van der Waals surface area contributed by atoms with Crippen LogP contribution in [0.3, 0.4) is 0 Å². The molecule has 4 heteroatoms. The summed E-state index contributed by atoms with van der Waals surface area (Å²) in [6.07, 6.45) is 0. The number of rotatable bonds is 4. The zero-order chi connectivity index (χ0) is 11.4. The normalized spacial score (nSPS) is 10.1. The van der Waals surface area contributed by atoms with Crippen LogP contribution in [0.2, 0.25) is 0 Å². The summed E-state index contributed by atoms with van der Waals surface area (Å²) in [4.78, 5) is 12.6. The summed E-state index contributed by atoms with van der Waals surface area (Å²) in [7, 11) is 0. The molecule has 0 aliphatic rings. The summed E-state index contributed by atoms with van der Waals surface area (Å²) >= 11 is 0. The molecular weight excluding hydrogens is 192 g/mol. The first-order chi connectivity index (χ1) is 7.10. The van der Waals surface area contributed by atoms with E-state index in [0.717, 1.165) is 18.7 Å². The molecule has 15 heavy (non-hydrogen) atoms. The van der Waals surface area contributed by atoms with Gasteiger partial charge in [0.25, 0.3) is 5.69 Å². The third-order valence-corrected chi connectivity index (χ3v) is 2.43. The highest BCUT2D eigenvalue weighted by molar-refractivity contribution is 5.64. The Kier molecular flexibility index (Phi) is 3.66. The predicted octanol–water partition coefficient (Wildman–Crippen LogP) is 2.75. The number of nitro groups is 1. The second kappa shape index (κ2) is 4.77. The Morgan fingerprint density at radius 1 is 1.33 bits per heavy atom. The van der Waals surface area contributed by atoms with Gasteiger partial charge < -0.3 is 4.90 Å². The molecule has 0 unspecified atom stereocenters. The van der Waals surface area contributed by atoms with Gasteiger partial charge in [0.05, 0.1) is 4.92 Å². The molecule has 0 bridgehead atoms. The molecule has 1 aromatic rings. The fraction of sp³-hybridized carbons (Fsp3) is 0.455. The van der Waals surface area contributed by atoms with E-state index in [0.29, 0.717) is 5.69 Å². The van der Waals surface area contributed by atoms with Crippen LogP contribution in [0.25, 0.3) is 0 Å². The Hall–Kier alpha value is -1.58. The molecule has 0 radical (unpaired) electrons. The molecule has 1 rings (SSSR count). The summed E-state index contributed by atoms with van der Waals surface area (Å²) in [6.45, 7) is 7.40.